The maximum absolute atomic E-state index is 13.7. The Hall–Kier alpha value is -3.17. The van der Waals surface area contributed by atoms with Crippen molar-refractivity contribution in [2.75, 3.05) is 13.1 Å². The van der Waals surface area contributed by atoms with E-state index in [9.17, 15) is 9.18 Å². The van der Waals surface area contributed by atoms with Crippen LogP contribution in [0.25, 0.3) is 11.0 Å². The van der Waals surface area contributed by atoms with Gasteiger partial charge in [0.1, 0.15) is 22.3 Å². The highest BCUT2D eigenvalue weighted by Crippen LogP contribution is 2.26. The molecule has 9 heteroatoms. The molecular formula is C23H25FN6OS. The van der Waals surface area contributed by atoms with Crippen molar-refractivity contribution in [1.82, 2.24) is 30.6 Å². The molecule has 0 aliphatic heterocycles. The molecule has 0 unspecified atom stereocenters. The van der Waals surface area contributed by atoms with Crippen molar-refractivity contribution in [3.8, 4) is 0 Å². The molecule has 1 aromatic carbocycles. The Kier molecular flexibility index (Phi) is 6.57. The highest BCUT2D eigenvalue weighted by molar-refractivity contribution is 7.10. The molecule has 7 nitrogen and oxygen atoms in total. The third-order valence-electron chi connectivity index (χ3n) is 5.11. The van der Waals surface area contributed by atoms with E-state index in [1.54, 1.807) is 5.38 Å². The van der Waals surface area contributed by atoms with Crippen LogP contribution in [0.3, 0.4) is 0 Å². The number of para-hydroxylation sites is 2. The third-order valence-corrected chi connectivity index (χ3v) is 6.32. The van der Waals surface area contributed by atoms with Crippen molar-refractivity contribution in [3.63, 3.8) is 0 Å². The molecule has 3 heterocycles. The topological polar surface area (TPSA) is 95.6 Å². The van der Waals surface area contributed by atoms with Crippen LogP contribution in [0.2, 0.25) is 0 Å². The SMILES string of the molecule is CC(C)(CNCCc1nc2ccccc2[nH]1)c1nc(C(=O)NCc2ncccc2F)cs1. The fraction of sp³-hybridized carbons (Fsp3) is 0.304. The van der Waals surface area contributed by atoms with Gasteiger partial charge in [0.15, 0.2) is 0 Å². The lowest BCUT2D eigenvalue weighted by Crippen LogP contribution is -2.34. The Morgan fingerprint density at radius 3 is 2.84 bits per heavy atom. The van der Waals surface area contributed by atoms with E-state index in [2.05, 4.69) is 44.4 Å². The van der Waals surface area contributed by atoms with Gasteiger partial charge in [-0.15, -0.1) is 11.3 Å². The van der Waals surface area contributed by atoms with Crippen molar-refractivity contribution in [1.29, 1.82) is 0 Å². The van der Waals surface area contributed by atoms with Crippen LogP contribution in [-0.4, -0.2) is 38.9 Å². The molecule has 3 N–H and O–H groups in total. The molecule has 0 spiro atoms. The first kappa shape index (κ1) is 22.0. The molecule has 4 aromatic rings. The number of nitrogens with zero attached hydrogens (tertiary/aromatic N) is 3. The highest BCUT2D eigenvalue weighted by Gasteiger charge is 2.25. The average molecular weight is 453 g/mol. The fourth-order valence-electron chi connectivity index (χ4n) is 3.30. The van der Waals surface area contributed by atoms with Crippen molar-refractivity contribution in [2.24, 2.45) is 0 Å². The summed E-state index contributed by atoms with van der Waals surface area (Å²) in [6.45, 7) is 5.68. The minimum absolute atomic E-state index is 0.0190. The van der Waals surface area contributed by atoms with E-state index < -0.39 is 5.82 Å². The van der Waals surface area contributed by atoms with Crippen LogP contribution in [0, 0.1) is 5.82 Å². The zero-order valence-electron chi connectivity index (χ0n) is 18.0. The van der Waals surface area contributed by atoms with Crippen LogP contribution < -0.4 is 10.6 Å². The first-order chi connectivity index (χ1) is 15.4. The number of rotatable bonds is 9. The van der Waals surface area contributed by atoms with Crippen molar-refractivity contribution < 1.29 is 9.18 Å². The third kappa shape index (κ3) is 5.17. The normalized spacial score (nSPS) is 11.7. The van der Waals surface area contributed by atoms with Crippen molar-refractivity contribution in [2.45, 2.75) is 32.2 Å². The quantitative estimate of drug-likeness (QED) is 0.337. The molecule has 0 radical (unpaired) electrons. The summed E-state index contributed by atoms with van der Waals surface area (Å²) in [7, 11) is 0. The van der Waals surface area contributed by atoms with Gasteiger partial charge in [0.25, 0.3) is 5.91 Å². The number of thiazole rings is 1. The van der Waals surface area contributed by atoms with Crippen LogP contribution >= 0.6 is 11.3 Å². The first-order valence-electron chi connectivity index (χ1n) is 10.4. The monoisotopic (exact) mass is 452 g/mol. The van der Waals surface area contributed by atoms with Gasteiger partial charge >= 0.3 is 0 Å². The van der Waals surface area contributed by atoms with E-state index >= 15 is 0 Å². The summed E-state index contributed by atoms with van der Waals surface area (Å²) in [6, 6.07) is 10.8. The number of halogens is 1. The first-order valence-corrected chi connectivity index (χ1v) is 11.3. The number of carbonyl (C=O) groups excluding carboxylic acids is 1. The maximum atomic E-state index is 13.7. The number of hydrogen-bond acceptors (Lipinski definition) is 6. The van der Waals surface area contributed by atoms with Crippen molar-refractivity contribution in [3.05, 3.63) is 76.0 Å². The van der Waals surface area contributed by atoms with E-state index in [-0.39, 0.29) is 23.6 Å². The van der Waals surface area contributed by atoms with Gasteiger partial charge in [-0.3, -0.25) is 9.78 Å². The lowest BCUT2D eigenvalue weighted by atomic mass is 9.94. The van der Waals surface area contributed by atoms with Crippen LogP contribution in [-0.2, 0) is 18.4 Å². The molecule has 1 amide bonds. The standard InChI is InChI=1S/C23H25FN6OS/c1-23(2,14-25-11-9-20-28-16-7-3-4-8-17(16)29-20)22-30-19(13-32-22)21(31)27-12-18-15(24)6-5-10-26-18/h3-8,10,13,25H,9,11-12,14H2,1-2H3,(H,27,31)(H,28,29). The number of aromatic nitrogens is 4. The Morgan fingerprint density at radius 2 is 2.03 bits per heavy atom. The number of pyridine rings is 1. The summed E-state index contributed by atoms with van der Waals surface area (Å²) in [5.41, 5.74) is 2.30. The van der Waals surface area contributed by atoms with Gasteiger partial charge in [-0.05, 0) is 24.3 Å². The lowest BCUT2D eigenvalue weighted by Gasteiger charge is -2.22. The summed E-state index contributed by atoms with van der Waals surface area (Å²) in [5.74, 6) is 0.168. The summed E-state index contributed by atoms with van der Waals surface area (Å²) in [4.78, 5) is 28.8. The number of aromatic amines is 1. The van der Waals surface area contributed by atoms with Gasteiger partial charge in [-0.1, -0.05) is 26.0 Å². The predicted octanol–water partition coefficient (Wildman–Crippen LogP) is 3.59. The molecule has 4 rings (SSSR count). The van der Waals surface area contributed by atoms with Gasteiger partial charge in [0.2, 0.25) is 0 Å². The molecule has 166 valence electrons. The number of nitrogens with one attached hydrogen (secondary N) is 3. The number of fused-ring (bicyclic) bond motifs is 1. The molecule has 0 aliphatic carbocycles. The number of imidazole rings is 1. The predicted molar refractivity (Wildman–Crippen MR) is 123 cm³/mol. The van der Waals surface area contributed by atoms with Crippen LogP contribution in [0.5, 0.6) is 0 Å². The van der Waals surface area contributed by atoms with Gasteiger partial charge in [-0.25, -0.2) is 14.4 Å². The van der Waals surface area contributed by atoms with E-state index in [1.807, 2.05) is 24.3 Å². The van der Waals surface area contributed by atoms with Crippen LogP contribution in [0.1, 0.15) is 40.9 Å². The lowest BCUT2D eigenvalue weighted by molar-refractivity contribution is 0.0945. The largest absolute Gasteiger partial charge is 0.345 e. The van der Waals surface area contributed by atoms with E-state index in [0.29, 0.717) is 12.2 Å². The van der Waals surface area contributed by atoms with Crippen LogP contribution in [0.15, 0.2) is 48.0 Å². The second-order valence-corrected chi connectivity index (χ2v) is 9.02. The maximum Gasteiger partial charge on any atom is 0.271 e. The van der Waals surface area contributed by atoms with Gasteiger partial charge in [0.05, 0.1) is 23.3 Å². The number of benzene rings is 1. The van der Waals surface area contributed by atoms with Gasteiger partial charge in [0, 0.05) is 36.5 Å². The number of hydrogen-bond donors (Lipinski definition) is 3. The minimum Gasteiger partial charge on any atom is -0.345 e. The Labute approximate surface area is 189 Å². The van der Waals surface area contributed by atoms with E-state index in [0.717, 1.165) is 34.8 Å². The van der Waals surface area contributed by atoms with Crippen molar-refractivity contribution >= 4 is 28.3 Å². The molecule has 0 bridgehead atoms. The molecule has 0 atom stereocenters. The summed E-state index contributed by atoms with van der Waals surface area (Å²) in [6.07, 6.45) is 2.29. The Balaban J connectivity index is 1.28. The van der Waals surface area contributed by atoms with E-state index in [4.69, 9.17) is 0 Å². The second kappa shape index (κ2) is 9.54. The number of amides is 1. The zero-order valence-corrected chi connectivity index (χ0v) is 18.8. The second-order valence-electron chi connectivity index (χ2n) is 8.16. The van der Waals surface area contributed by atoms with Gasteiger partial charge < -0.3 is 15.6 Å². The highest BCUT2D eigenvalue weighted by atomic mass is 32.1. The molecule has 32 heavy (non-hydrogen) atoms. The average Bonchev–Trinajstić information content (AvgIpc) is 3.43. The van der Waals surface area contributed by atoms with Gasteiger partial charge in [-0.2, -0.15) is 0 Å². The molecule has 0 saturated heterocycles. The minimum atomic E-state index is -0.443. The molecular weight excluding hydrogens is 427 g/mol. The molecule has 3 aromatic heterocycles. The van der Waals surface area contributed by atoms with Crippen LogP contribution in [0.4, 0.5) is 4.39 Å². The van der Waals surface area contributed by atoms with E-state index in [1.165, 1.54) is 29.7 Å². The number of carbonyl (C=O) groups is 1. The summed E-state index contributed by atoms with van der Waals surface area (Å²) >= 11 is 1.45. The summed E-state index contributed by atoms with van der Waals surface area (Å²) < 4.78 is 13.7. The Bertz CT molecular complexity index is 1180. The summed E-state index contributed by atoms with van der Waals surface area (Å²) in [5, 5.41) is 8.74. The molecule has 0 saturated carbocycles. The molecule has 0 fully saturated rings. The number of H-pyrrole nitrogens is 1. The zero-order chi connectivity index (χ0) is 22.6. The molecule has 0 aliphatic rings. The fourth-order valence-corrected chi connectivity index (χ4v) is 4.22. The Morgan fingerprint density at radius 1 is 1.19 bits per heavy atom. The smallest absolute Gasteiger partial charge is 0.271 e.